The second-order valence-electron chi connectivity index (χ2n) is 7.69. The van der Waals surface area contributed by atoms with Gasteiger partial charge in [0.05, 0.1) is 6.54 Å². The van der Waals surface area contributed by atoms with Crippen molar-refractivity contribution in [3.05, 3.63) is 24.1 Å². The predicted octanol–water partition coefficient (Wildman–Crippen LogP) is 2.09. The standard InChI is InChI=1S/C20H33FN6/c1-3-22-20(24-10-13-26-11-5-6-16(2)14-26)25-17-8-12-27(15-17)19-18(21)7-4-9-23-19/h4,7,9,16-17H,3,5-6,8,10-15H2,1-2H3,(H2,22,24,25). The molecule has 1 aromatic heterocycles. The molecule has 3 rings (SSSR count). The number of likely N-dealkylation sites (tertiary alicyclic amines) is 1. The quantitative estimate of drug-likeness (QED) is 0.588. The fourth-order valence-corrected chi connectivity index (χ4v) is 3.99. The summed E-state index contributed by atoms with van der Waals surface area (Å²) in [6.07, 6.45) is 5.24. The van der Waals surface area contributed by atoms with E-state index in [1.165, 1.54) is 32.0 Å². The maximum Gasteiger partial charge on any atom is 0.191 e. The van der Waals surface area contributed by atoms with Gasteiger partial charge in [-0.25, -0.2) is 9.37 Å². The third kappa shape index (κ3) is 5.79. The van der Waals surface area contributed by atoms with E-state index >= 15 is 0 Å². The number of piperidine rings is 1. The Morgan fingerprint density at radius 3 is 3.00 bits per heavy atom. The molecule has 0 aromatic carbocycles. The Kier molecular flexibility index (Phi) is 7.26. The molecule has 2 fully saturated rings. The number of hydrogen-bond acceptors (Lipinski definition) is 4. The van der Waals surface area contributed by atoms with Crippen molar-refractivity contribution < 1.29 is 4.39 Å². The third-order valence-corrected chi connectivity index (χ3v) is 5.34. The number of rotatable bonds is 6. The molecule has 0 bridgehead atoms. The van der Waals surface area contributed by atoms with E-state index < -0.39 is 0 Å². The molecular formula is C20H33FN6. The van der Waals surface area contributed by atoms with Crippen LogP contribution in [-0.4, -0.2) is 67.7 Å². The van der Waals surface area contributed by atoms with Crippen LogP contribution in [0, 0.1) is 11.7 Å². The molecular weight excluding hydrogens is 343 g/mol. The van der Waals surface area contributed by atoms with E-state index in [-0.39, 0.29) is 11.9 Å². The zero-order valence-electron chi connectivity index (χ0n) is 16.6. The zero-order valence-corrected chi connectivity index (χ0v) is 16.6. The number of hydrogen-bond donors (Lipinski definition) is 2. The lowest BCUT2D eigenvalue weighted by Gasteiger charge is -2.30. The summed E-state index contributed by atoms with van der Waals surface area (Å²) in [5.74, 6) is 1.85. The van der Waals surface area contributed by atoms with Gasteiger partial charge >= 0.3 is 0 Å². The number of aromatic nitrogens is 1. The van der Waals surface area contributed by atoms with E-state index in [4.69, 9.17) is 4.99 Å². The van der Waals surface area contributed by atoms with Gasteiger partial charge in [-0.3, -0.25) is 4.99 Å². The minimum absolute atomic E-state index is 0.249. The largest absolute Gasteiger partial charge is 0.357 e. The van der Waals surface area contributed by atoms with Gasteiger partial charge in [-0.05, 0) is 50.8 Å². The highest BCUT2D eigenvalue weighted by Crippen LogP contribution is 2.20. The van der Waals surface area contributed by atoms with Gasteiger partial charge in [0, 0.05) is 45.0 Å². The van der Waals surface area contributed by atoms with Crippen LogP contribution in [0.5, 0.6) is 0 Å². The van der Waals surface area contributed by atoms with E-state index in [9.17, 15) is 4.39 Å². The minimum Gasteiger partial charge on any atom is -0.357 e. The second-order valence-corrected chi connectivity index (χ2v) is 7.69. The van der Waals surface area contributed by atoms with Crippen molar-refractivity contribution in [1.82, 2.24) is 20.5 Å². The Balaban J connectivity index is 1.49. The van der Waals surface area contributed by atoms with E-state index in [1.807, 2.05) is 4.90 Å². The molecule has 0 aliphatic carbocycles. The molecule has 2 unspecified atom stereocenters. The van der Waals surface area contributed by atoms with Crippen LogP contribution < -0.4 is 15.5 Å². The first kappa shape index (κ1) is 19.9. The topological polar surface area (TPSA) is 55.8 Å². The second kappa shape index (κ2) is 9.88. The maximum absolute atomic E-state index is 14.0. The third-order valence-electron chi connectivity index (χ3n) is 5.34. The van der Waals surface area contributed by atoms with Gasteiger partial charge in [0.2, 0.25) is 0 Å². The number of nitrogens with one attached hydrogen (secondary N) is 2. The minimum atomic E-state index is -0.255. The van der Waals surface area contributed by atoms with Gasteiger partial charge in [0.15, 0.2) is 17.6 Å². The smallest absolute Gasteiger partial charge is 0.191 e. The molecule has 1 aromatic rings. The van der Waals surface area contributed by atoms with E-state index in [0.717, 1.165) is 51.0 Å². The number of nitrogens with zero attached hydrogens (tertiary/aromatic N) is 4. The van der Waals surface area contributed by atoms with Crippen LogP contribution >= 0.6 is 0 Å². The monoisotopic (exact) mass is 376 g/mol. The summed E-state index contributed by atoms with van der Waals surface area (Å²) in [7, 11) is 0. The van der Waals surface area contributed by atoms with Crippen LogP contribution in [0.4, 0.5) is 10.2 Å². The summed E-state index contributed by atoms with van der Waals surface area (Å²) in [5.41, 5.74) is 0. The molecule has 2 aliphatic heterocycles. The molecule has 2 aliphatic rings. The lowest BCUT2D eigenvalue weighted by molar-refractivity contribution is 0.189. The average Bonchev–Trinajstić information content (AvgIpc) is 3.10. The highest BCUT2D eigenvalue weighted by atomic mass is 19.1. The van der Waals surface area contributed by atoms with Crippen LogP contribution in [0.3, 0.4) is 0 Å². The van der Waals surface area contributed by atoms with Crippen LogP contribution in [0.25, 0.3) is 0 Å². The SMILES string of the molecule is CCNC(=NCCN1CCCC(C)C1)NC1CCN(c2ncccc2F)C1. The fourth-order valence-electron chi connectivity index (χ4n) is 3.99. The summed E-state index contributed by atoms with van der Waals surface area (Å²) in [4.78, 5) is 13.5. The summed E-state index contributed by atoms with van der Waals surface area (Å²) >= 11 is 0. The fraction of sp³-hybridized carbons (Fsp3) is 0.700. The molecule has 0 spiro atoms. The molecule has 0 saturated carbocycles. The van der Waals surface area contributed by atoms with Crippen molar-refractivity contribution in [2.75, 3.05) is 50.7 Å². The van der Waals surface area contributed by atoms with Gasteiger partial charge < -0.3 is 20.4 Å². The number of halogens is 1. The Labute approximate surface area is 162 Å². The van der Waals surface area contributed by atoms with Gasteiger partial charge in [-0.2, -0.15) is 0 Å². The molecule has 2 saturated heterocycles. The Morgan fingerprint density at radius 2 is 2.22 bits per heavy atom. The maximum atomic E-state index is 14.0. The van der Waals surface area contributed by atoms with E-state index in [1.54, 1.807) is 12.3 Å². The van der Waals surface area contributed by atoms with Gasteiger partial charge in [0.1, 0.15) is 0 Å². The lowest BCUT2D eigenvalue weighted by Crippen LogP contribution is -2.45. The van der Waals surface area contributed by atoms with E-state index in [0.29, 0.717) is 5.82 Å². The number of aliphatic imine (C=N–C) groups is 1. The molecule has 0 radical (unpaired) electrons. The zero-order chi connectivity index (χ0) is 19.1. The summed E-state index contributed by atoms with van der Waals surface area (Å²) < 4.78 is 14.0. The number of anilines is 1. The summed E-state index contributed by atoms with van der Waals surface area (Å²) in [6, 6.07) is 3.35. The average molecular weight is 377 g/mol. The molecule has 3 heterocycles. The molecule has 7 heteroatoms. The Hall–Kier alpha value is -1.89. The van der Waals surface area contributed by atoms with E-state index in [2.05, 4.69) is 34.4 Å². The van der Waals surface area contributed by atoms with Gasteiger partial charge in [-0.1, -0.05) is 6.92 Å². The van der Waals surface area contributed by atoms with Crippen LogP contribution in [0.15, 0.2) is 23.3 Å². The predicted molar refractivity (Wildman–Crippen MR) is 109 cm³/mol. The Bertz CT molecular complexity index is 622. The van der Waals surface area contributed by atoms with Crippen molar-refractivity contribution in [2.24, 2.45) is 10.9 Å². The van der Waals surface area contributed by atoms with Crippen LogP contribution in [0.1, 0.15) is 33.1 Å². The molecule has 27 heavy (non-hydrogen) atoms. The van der Waals surface area contributed by atoms with Gasteiger partial charge in [0.25, 0.3) is 0 Å². The highest BCUT2D eigenvalue weighted by Gasteiger charge is 2.26. The number of pyridine rings is 1. The van der Waals surface area contributed by atoms with Crippen molar-refractivity contribution in [2.45, 2.75) is 39.2 Å². The van der Waals surface area contributed by atoms with Crippen molar-refractivity contribution in [3.63, 3.8) is 0 Å². The van der Waals surface area contributed by atoms with Crippen molar-refractivity contribution >= 4 is 11.8 Å². The Morgan fingerprint density at radius 1 is 1.33 bits per heavy atom. The first-order valence-corrected chi connectivity index (χ1v) is 10.3. The number of guanidine groups is 1. The summed E-state index contributed by atoms with van der Waals surface area (Å²) in [5, 5.41) is 6.85. The molecule has 6 nitrogen and oxygen atoms in total. The normalized spacial score (nSPS) is 24.3. The lowest BCUT2D eigenvalue weighted by atomic mass is 10.0. The van der Waals surface area contributed by atoms with Crippen molar-refractivity contribution in [1.29, 1.82) is 0 Å². The van der Waals surface area contributed by atoms with Gasteiger partial charge in [-0.15, -0.1) is 0 Å². The van der Waals surface area contributed by atoms with Crippen LogP contribution in [-0.2, 0) is 0 Å². The molecule has 0 amide bonds. The molecule has 2 atom stereocenters. The molecule has 2 N–H and O–H groups in total. The summed E-state index contributed by atoms with van der Waals surface area (Å²) in [6.45, 7) is 11.0. The van der Waals surface area contributed by atoms with Crippen molar-refractivity contribution in [3.8, 4) is 0 Å². The molecule has 150 valence electrons. The highest BCUT2D eigenvalue weighted by molar-refractivity contribution is 5.80. The van der Waals surface area contributed by atoms with Crippen LogP contribution in [0.2, 0.25) is 0 Å². The first-order chi connectivity index (χ1) is 13.2. The first-order valence-electron chi connectivity index (χ1n) is 10.3.